The highest BCUT2D eigenvalue weighted by Crippen LogP contribution is 2.34. The van der Waals surface area contributed by atoms with Crippen molar-refractivity contribution >= 4 is 22.4 Å². The van der Waals surface area contributed by atoms with Crippen molar-refractivity contribution in [2.24, 2.45) is 0 Å². The molecule has 1 heterocycles. The third-order valence-corrected chi connectivity index (χ3v) is 4.00. The molecule has 0 aliphatic heterocycles. The zero-order valence-corrected chi connectivity index (χ0v) is 12.8. The Morgan fingerprint density at radius 2 is 1.52 bits per heavy atom. The fourth-order valence-electron chi connectivity index (χ4n) is 2.57. The van der Waals surface area contributed by atoms with Gasteiger partial charge in [-0.2, -0.15) is 0 Å². The Balaban J connectivity index is 2.41. The van der Waals surface area contributed by atoms with E-state index in [1.54, 1.807) is 19.1 Å². The lowest BCUT2D eigenvalue weighted by Gasteiger charge is -2.11. The normalized spacial score (nSPS) is 11.1. The second-order valence-electron chi connectivity index (χ2n) is 5.25. The Morgan fingerprint density at radius 1 is 0.857 bits per heavy atom. The van der Waals surface area contributed by atoms with Crippen molar-refractivity contribution < 1.29 is 4.39 Å². The van der Waals surface area contributed by atoms with Crippen LogP contribution in [-0.4, -0.2) is 10.2 Å². The lowest BCUT2D eigenvalue weighted by Crippen LogP contribution is -1.96. The van der Waals surface area contributed by atoms with E-state index in [2.05, 4.69) is 10.2 Å². The van der Waals surface area contributed by atoms with Gasteiger partial charge in [-0.1, -0.05) is 23.7 Å². The summed E-state index contributed by atoms with van der Waals surface area (Å²) in [7, 11) is 0. The average Bonchev–Trinajstić information content (AvgIpc) is 2.46. The van der Waals surface area contributed by atoms with Crippen LogP contribution in [0.4, 0.5) is 4.39 Å². The maximum Gasteiger partial charge on any atom is 0.159 e. The van der Waals surface area contributed by atoms with Crippen LogP contribution < -0.4 is 0 Å². The quantitative estimate of drug-likeness (QED) is 0.631. The molecular formula is C17H14ClFN2. The third-order valence-electron chi connectivity index (χ3n) is 3.73. The molecule has 2 nitrogen and oxygen atoms in total. The molecule has 0 bridgehead atoms. The number of aryl methyl sites for hydroxylation is 3. The molecule has 4 heteroatoms. The number of nitrogens with zero attached hydrogens (tertiary/aromatic N) is 2. The molecule has 0 aliphatic carbocycles. The molecule has 3 rings (SSSR count). The SMILES string of the molecule is Cc1cc(-c2nnc(Cl)c3c(C)ccc(C)c23)ccc1F. The Bertz CT molecular complexity index is 851. The van der Waals surface area contributed by atoms with E-state index < -0.39 is 0 Å². The Hall–Kier alpha value is -2.00. The van der Waals surface area contributed by atoms with E-state index in [-0.39, 0.29) is 5.82 Å². The number of hydrogen-bond acceptors (Lipinski definition) is 2. The molecule has 0 unspecified atom stereocenters. The van der Waals surface area contributed by atoms with Gasteiger partial charge in [0.25, 0.3) is 0 Å². The second kappa shape index (κ2) is 5.08. The maximum atomic E-state index is 13.5. The molecule has 0 aliphatic rings. The molecular weight excluding hydrogens is 287 g/mol. The van der Waals surface area contributed by atoms with Gasteiger partial charge in [0.15, 0.2) is 5.15 Å². The van der Waals surface area contributed by atoms with Gasteiger partial charge in [-0.3, -0.25) is 0 Å². The molecule has 0 fully saturated rings. The van der Waals surface area contributed by atoms with Crippen molar-refractivity contribution in [3.8, 4) is 11.3 Å². The van der Waals surface area contributed by atoms with Crippen LogP contribution in [0.15, 0.2) is 30.3 Å². The predicted molar refractivity (Wildman–Crippen MR) is 84.2 cm³/mol. The molecule has 0 N–H and O–H groups in total. The van der Waals surface area contributed by atoms with Crippen LogP contribution in [0.5, 0.6) is 0 Å². The third kappa shape index (κ3) is 2.28. The van der Waals surface area contributed by atoms with Crippen LogP contribution in [0.2, 0.25) is 5.15 Å². The lowest BCUT2D eigenvalue weighted by molar-refractivity contribution is 0.618. The molecule has 21 heavy (non-hydrogen) atoms. The minimum absolute atomic E-state index is 0.224. The molecule has 0 radical (unpaired) electrons. The van der Waals surface area contributed by atoms with E-state index in [1.165, 1.54) is 6.07 Å². The number of rotatable bonds is 1. The number of halogens is 2. The van der Waals surface area contributed by atoms with Crippen molar-refractivity contribution in [3.63, 3.8) is 0 Å². The Kier molecular flexibility index (Phi) is 3.38. The van der Waals surface area contributed by atoms with Crippen molar-refractivity contribution in [3.05, 3.63) is 58.0 Å². The van der Waals surface area contributed by atoms with Crippen LogP contribution in [0, 0.1) is 26.6 Å². The Morgan fingerprint density at radius 3 is 2.19 bits per heavy atom. The maximum absolute atomic E-state index is 13.5. The van der Waals surface area contributed by atoms with Gasteiger partial charge in [0.2, 0.25) is 0 Å². The van der Waals surface area contributed by atoms with Crippen LogP contribution >= 0.6 is 11.6 Å². The van der Waals surface area contributed by atoms with Crippen molar-refractivity contribution in [2.45, 2.75) is 20.8 Å². The summed E-state index contributed by atoms with van der Waals surface area (Å²) in [5.74, 6) is -0.224. The molecule has 3 aromatic rings. The minimum Gasteiger partial charge on any atom is -0.207 e. The van der Waals surface area contributed by atoms with Crippen molar-refractivity contribution in [1.82, 2.24) is 10.2 Å². The fourth-order valence-corrected chi connectivity index (χ4v) is 2.85. The van der Waals surface area contributed by atoms with Crippen molar-refractivity contribution in [1.29, 1.82) is 0 Å². The first kappa shape index (κ1) is 14.0. The van der Waals surface area contributed by atoms with Gasteiger partial charge < -0.3 is 0 Å². The highest BCUT2D eigenvalue weighted by atomic mass is 35.5. The van der Waals surface area contributed by atoms with E-state index in [9.17, 15) is 4.39 Å². The van der Waals surface area contributed by atoms with Crippen LogP contribution in [0.25, 0.3) is 22.0 Å². The monoisotopic (exact) mass is 300 g/mol. The zero-order chi connectivity index (χ0) is 15.1. The molecule has 0 saturated carbocycles. The summed E-state index contributed by atoms with van der Waals surface area (Å²) in [6, 6.07) is 9.02. The average molecular weight is 301 g/mol. The number of fused-ring (bicyclic) bond motifs is 1. The zero-order valence-electron chi connectivity index (χ0n) is 12.0. The predicted octanol–water partition coefficient (Wildman–Crippen LogP) is 5.01. The number of hydrogen-bond donors (Lipinski definition) is 0. The van der Waals surface area contributed by atoms with Crippen LogP contribution in [-0.2, 0) is 0 Å². The number of aromatic nitrogens is 2. The lowest BCUT2D eigenvalue weighted by atomic mass is 9.97. The van der Waals surface area contributed by atoms with Crippen molar-refractivity contribution in [2.75, 3.05) is 0 Å². The topological polar surface area (TPSA) is 25.8 Å². The van der Waals surface area contributed by atoms with Crippen LogP contribution in [0.1, 0.15) is 16.7 Å². The summed E-state index contributed by atoms with van der Waals surface area (Å²) >= 11 is 6.22. The van der Waals surface area contributed by atoms with Gasteiger partial charge in [0, 0.05) is 16.3 Å². The van der Waals surface area contributed by atoms with Gasteiger partial charge in [-0.15, -0.1) is 10.2 Å². The van der Waals surface area contributed by atoms with Gasteiger partial charge >= 0.3 is 0 Å². The first-order valence-corrected chi connectivity index (χ1v) is 7.05. The van der Waals surface area contributed by atoms with Gasteiger partial charge in [0.05, 0.1) is 0 Å². The standard InChI is InChI=1S/C17H14ClFN2/c1-9-4-5-10(2)15-14(9)16(20-21-17(15)18)12-6-7-13(19)11(3)8-12/h4-8H,1-3H3. The summed E-state index contributed by atoms with van der Waals surface area (Å²) in [6.45, 7) is 5.75. The summed E-state index contributed by atoms with van der Waals surface area (Å²) in [4.78, 5) is 0. The van der Waals surface area contributed by atoms with E-state index in [4.69, 9.17) is 11.6 Å². The van der Waals surface area contributed by atoms with E-state index >= 15 is 0 Å². The highest BCUT2D eigenvalue weighted by molar-refractivity contribution is 6.35. The summed E-state index contributed by atoms with van der Waals surface area (Å²) < 4.78 is 13.5. The molecule has 0 atom stereocenters. The van der Waals surface area contributed by atoms with Gasteiger partial charge in [-0.05, 0) is 55.7 Å². The summed E-state index contributed by atoms with van der Waals surface area (Å²) in [5.41, 5.74) is 4.29. The fraction of sp³-hybridized carbons (Fsp3) is 0.176. The smallest absolute Gasteiger partial charge is 0.159 e. The van der Waals surface area contributed by atoms with Gasteiger partial charge in [-0.25, -0.2) is 4.39 Å². The first-order valence-electron chi connectivity index (χ1n) is 6.67. The first-order chi connectivity index (χ1) is 9.99. The number of benzene rings is 2. The molecule has 0 amide bonds. The second-order valence-corrected chi connectivity index (χ2v) is 5.61. The minimum atomic E-state index is -0.224. The highest BCUT2D eigenvalue weighted by Gasteiger charge is 2.14. The van der Waals surface area contributed by atoms with E-state index in [1.807, 2.05) is 26.0 Å². The summed E-state index contributed by atoms with van der Waals surface area (Å²) in [5, 5.41) is 10.6. The molecule has 106 valence electrons. The van der Waals surface area contributed by atoms with Gasteiger partial charge in [0.1, 0.15) is 11.5 Å². The van der Waals surface area contributed by atoms with E-state index in [0.717, 1.165) is 33.2 Å². The molecule has 0 saturated heterocycles. The largest absolute Gasteiger partial charge is 0.207 e. The van der Waals surface area contributed by atoms with E-state index in [0.29, 0.717) is 10.7 Å². The molecule has 1 aromatic heterocycles. The molecule has 2 aromatic carbocycles. The summed E-state index contributed by atoms with van der Waals surface area (Å²) in [6.07, 6.45) is 0. The van der Waals surface area contributed by atoms with Crippen LogP contribution in [0.3, 0.4) is 0 Å². The Labute approximate surface area is 127 Å². The molecule has 0 spiro atoms.